The van der Waals surface area contributed by atoms with Gasteiger partial charge < -0.3 is 5.32 Å². The first-order valence-corrected chi connectivity index (χ1v) is 5.61. The summed E-state index contributed by atoms with van der Waals surface area (Å²) in [5.41, 5.74) is 1.71. The van der Waals surface area contributed by atoms with Crippen LogP contribution in [0.4, 0.5) is 5.82 Å². The van der Waals surface area contributed by atoms with Crippen molar-refractivity contribution < 1.29 is 4.79 Å². The van der Waals surface area contributed by atoms with E-state index in [0.29, 0.717) is 0 Å². The fourth-order valence-corrected chi connectivity index (χ4v) is 1.58. The van der Waals surface area contributed by atoms with E-state index in [1.807, 2.05) is 34.7 Å². The molecule has 0 spiro atoms. The number of aryl methyl sites for hydroxylation is 2. The predicted molar refractivity (Wildman–Crippen MR) is 65.4 cm³/mol. The minimum atomic E-state index is -0.386. The maximum absolute atomic E-state index is 11.9. The Labute approximate surface area is 97.0 Å². The van der Waals surface area contributed by atoms with Crippen LogP contribution in [0.1, 0.15) is 39.0 Å². The number of rotatable bonds is 2. The summed E-state index contributed by atoms with van der Waals surface area (Å²) in [6.45, 7) is 9.73. The van der Waals surface area contributed by atoms with Crippen LogP contribution in [-0.4, -0.2) is 15.7 Å². The van der Waals surface area contributed by atoms with Gasteiger partial charge in [0.2, 0.25) is 5.91 Å². The van der Waals surface area contributed by atoms with Crippen molar-refractivity contribution in [2.75, 3.05) is 5.32 Å². The summed E-state index contributed by atoms with van der Waals surface area (Å²) < 4.78 is 1.73. The first kappa shape index (κ1) is 12.7. The second-order valence-electron chi connectivity index (χ2n) is 5.09. The van der Waals surface area contributed by atoms with Crippen LogP contribution in [0, 0.1) is 12.3 Å². The van der Waals surface area contributed by atoms with Crippen molar-refractivity contribution in [1.82, 2.24) is 9.78 Å². The number of carbonyl (C=O) groups is 1. The number of carbonyl (C=O) groups excluding carboxylic acids is 1. The molecule has 1 aromatic heterocycles. The van der Waals surface area contributed by atoms with Gasteiger partial charge in [-0.05, 0) is 13.3 Å². The summed E-state index contributed by atoms with van der Waals surface area (Å²) in [4.78, 5) is 11.9. The zero-order valence-electron chi connectivity index (χ0n) is 11.0. The molecule has 1 heterocycles. The van der Waals surface area contributed by atoms with Gasteiger partial charge in [-0.25, -0.2) is 0 Å². The highest BCUT2D eigenvalue weighted by Crippen LogP contribution is 2.22. The summed E-state index contributed by atoms with van der Waals surface area (Å²) in [6, 6.07) is 0. The molecule has 1 N–H and O–H groups in total. The van der Waals surface area contributed by atoms with Gasteiger partial charge in [0.25, 0.3) is 0 Å². The van der Waals surface area contributed by atoms with Crippen molar-refractivity contribution in [3.05, 3.63) is 11.3 Å². The molecule has 0 unspecified atom stereocenters. The Bertz CT molecular complexity index is 399. The van der Waals surface area contributed by atoms with E-state index in [1.165, 1.54) is 0 Å². The fraction of sp³-hybridized carbons (Fsp3) is 0.667. The molecular formula is C12H21N3O. The maximum Gasteiger partial charge on any atom is 0.230 e. The highest BCUT2D eigenvalue weighted by Gasteiger charge is 2.23. The van der Waals surface area contributed by atoms with Crippen LogP contribution in [0.25, 0.3) is 0 Å². The molecule has 0 radical (unpaired) electrons. The van der Waals surface area contributed by atoms with Crippen LogP contribution in [0.5, 0.6) is 0 Å². The van der Waals surface area contributed by atoms with Gasteiger partial charge in [0, 0.05) is 18.0 Å². The number of nitrogens with zero attached hydrogens (tertiary/aromatic N) is 2. The Morgan fingerprint density at radius 3 is 2.44 bits per heavy atom. The highest BCUT2D eigenvalue weighted by molar-refractivity contribution is 5.94. The van der Waals surface area contributed by atoms with Gasteiger partial charge in [0.15, 0.2) is 0 Å². The third-order valence-corrected chi connectivity index (χ3v) is 2.61. The topological polar surface area (TPSA) is 46.9 Å². The molecule has 0 bridgehead atoms. The van der Waals surface area contributed by atoms with Gasteiger partial charge in [0.05, 0.1) is 5.69 Å². The number of hydrogen-bond acceptors (Lipinski definition) is 2. The number of aromatic nitrogens is 2. The zero-order valence-corrected chi connectivity index (χ0v) is 11.0. The highest BCUT2D eigenvalue weighted by atomic mass is 16.2. The van der Waals surface area contributed by atoms with E-state index in [2.05, 4.69) is 17.3 Å². The normalized spacial score (nSPS) is 11.6. The first-order chi connectivity index (χ1) is 7.27. The standard InChI is InChI=1S/C12H21N3O/c1-7-9-8(2)14-15(6)10(9)13-11(16)12(3,4)5/h7H2,1-6H3,(H,13,16). The second kappa shape index (κ2) is 4.28. The van der Waals surface area contributed by atoms with Crippen LogP contribution in [0.15, 0.2) is 0 Å². The molecule has 4 heteroatoms. The molecule has 0 aliphatic rings. The lowest BCUT2D eigenvalue weighted by atomic mass is 9.95. The molecule has 1 amide bonds. The van der Waals surface area contributed by atoms with Gasteiger partial charge in [-0.2, -0.15) is 5.10 Å². The van der Waals surface area contributed by atoms with E-state index in [9.17, 15) is 4.79 Å². The number of nitrogens with one attached hydrogen (secondary N) is 1. The Morgan fingerprint density at radius 1 is 1.44 bits per heavy atom. The van der Waals surface area contributed by atoms with Crippen molar-refractivity contribution in [3.63, 3.8) is 0 Å². The SMILES string of the molecule is CCc1c(C)nn(C)c1NC(=O)C(C)(C)C. The Hall–Kier alpha value is -1.32. The Kier molecular flexibility index (Phi) is 3.41. The fourth-order valence-electron chi connectivity index (χ4n) is 1.58. The summed E-state index contributed by atoms with van der Waals surface area (Å²) in [5, 5.41) is 7.27. The minimum Gasteiger partial charge on any atom is -0.310 e. The molecule has 4 nitrogen and oxygen atoms in total. The summed E-state index contributed by atoms with van der Waals surface area (Å²) in [7, 11) is 1.85. The quantitative estimate of drug-likeness (QED) is 0.836. The van der Waals surface area contributed by atoms with E-state index in [1.54, 1.807) is 4.68 Å². The monoisotopic (exact) mass is 223 g/mol. The molecule has 0 saturated heterocycles. The van der Waals surface area contributed by atoms with Gasteiger partial charge >= 0.3 is 0 Å². The first-order valence-electron chi connectivity index (χ1n) is 5.61. The van der Waals surface area contributed by atoms with Crippen molar-refractivity contribution in [2.45, 2.75) is 41.0 Å². The molecule has 0 aromatic carbocycles. The third kappa shape index (κ3) is 2.43. The lowest BCUT2D eigenvalue weighted by molar-refractivity contribution is -0.123. The van der Waals surface area contributed by atoms with Crippen molar-refractivity contribution in [1.29, 1.82) is 0 Å². The average molecular weight is 223 g/mol. The molecule has 1 rings (SSSR count). The average Bonchev–Trinajstić information content (AvgIpc) is 2.40. The third-order valence-electron chi connectivity index (χ3n) is 2.61. The minimum absolute atomic E-state index is 0.0187. The summed E-state index contributed by atoms with van der Waals surface area (Å²) in [5.74, 6) is 0.838. The van der Waals surface area contributed by atoms with E-state index in [4.69, 9.17) is 0 Å². The zero-order chi connectivity index (χ0) is 12.5. The van der Waals surface area contributed by atoms with Crippen LogP contribution < -0.4 is 5.32 Å². The smallest absolute Gasteiger partial charge is 0.230 e. The lowest BCUT2D eigenvalue weighted by Crippen LogP contribution is -2.29. The van der Waals surface area contributed by atoms with Crippen molar-refractivity contribution >= 4 is 11.7 Å². The molecule has 0 aliphatic carbocycles. The number of anilines is 1. The maximum atomic E-state index is 11.9. The summed E-state index contributed by atoms with van der Waals surface area (Å²) in [6.07, 6.45) is 0.874. The van der Waals surface area contributed by atoms with E-state index in [0.717, 1.165) is 23.5 Å². The van der Waals surface area contributed by atoms with Crippen LogP contribution in [0.3, 0.4) is 0 Å². The van der Waals surface area contributed by atoms with E-state index in [-0.39, 0.29) is 11.3 Å². The predicted octanol–water partition coefficient (Wildman–Crippen LogP) is 2.28. The van der Waals surface area contributed by atoms with E-state index < -0.39 is 0 Å². The van der Waals surface area contributed by atoms with Crippen LogP contribution >= 0.6 is 0 Å². The summed E-state index contributed by atoms with van der Waals surface area (Å²) >= 11 is 0. The van der Waals surface area contributed by atoms with Gasteiger partial charge in [-0.15, -0.1) is 0 Å². The Morgan fingerprint density at radius 2 is 2.00 bits per heavy atom. The number of hydrogen-bond donors (Lipinski definition) is 1. The molecular weight excluding hydrogens is 202 g/mol. The molecule has 1 aromatic rings. The van der Waals surface area contributed by atoms with Crippen LogP contribution in [0.2, 0.25) is 0 Å². The van der Waals surface area contributed by atoms with Gasteiger partial charge in [-0.1, -0.05) is 27.7 Å². The molecule has 90 valence electrons. The van der Waals surface area contributed by atoms with E-state index >= 15 is 0 Å². The molecule has 0 saturated carbocycles. The molecule has 0 aliphatic heterocycles. The van der Waals surface area contributed by atoms with Gasteiger partial charge in [0.1, 0.15) is 5.82 Å². The second-order valence-corrected chi connectivity index (χ2v) is 5.09. The molecule has 0 atom stereocenters. The largest absolute Gasteiger partial charge is 0.310 e. The van der Waals surface area contributed by atoms with Gasteiger partial charge in [-0.3, -0.25) is 9.48 Å². The van der Waals surface area contributed by atoms with Crippen LogP contribution in [-0.2, 0) is 18.3 Å². The lowest BCUT2D eigenvalue weighted by Gasteiger charge is -2.18. The molecule has 16 heavy (non-hydrogen) atoms. The molecule has 0 fully saturated rings. The Balaban J connectivity index is 3.02. The van der Waals surface area contributed by atoms with Crippen molar-refractivity contribution in [3.8, 4) is 0 Å². The van der Waals surface area contributed by atoms with Crippen molar-refractivity contribution in [2.24, 2.45) is 12.5 Å². The number of amides is 1.